The van der Waals surface area contributed by atoms with E-state index in [0.29, 0.717) is 5.56 Å². The summed E-state index contributed by atoms with van der Waals surface area (Å²) in [7, 11) is 0. The number of alkyl halides is 3. The Kier molecular flexibility index (Phi) is 3.49. The fourth-order valence-corrected chi connectivity index (χ4v) is 1.13. The van der Waals surface area contributed by atoms with Crippen LogP contribution in [0.15, 0.2) is 36.9 Å². The van der Waals surface area contributed by atoms with Crippen LogP contribution in [0.4, 0.5) is 13.2 Å². The smallest absolute Gasteiger partial charge is 0.384 e. The summed E-state index contributed by atoms with van der Waals surface area (Å²) in [5.74, 6) is -1.90. The van der Waals surface area contributed by atoms with Crippen LogP contribution in [-0.4, -0.2) is 17.1 Å². The van der Waals surface area contributed by atoms with Crippen molar-refractivity contribution in [2.24, 2.45) is 0 Å². The van der Waals surface area contributed by atoms with Crippen LogP contribution >= 0.6 is 0 Å². The van der Waals surface area contributed by atoms with E-state index in [9.17, 15) is 23.1 Å². The lowest BCUT2D eigenvalue weighted by Crippen LogP contribution is -2.22. The Bertz CT molecular complexity index is 393. The summed E-state index contributed by atoms with van der Waals surface area (Å²) in [4.78, 5) is 10.8. The van der Waals surface area contributed by atoms with E-state index in [0.717, 1.165) is 12.1 Å². The average Bonchev–Trinajstić information content (AvgIpc) is 2.26. The third kappa shape index (κ3) is 2.70. The molecule has 16 heavy (non-hydrogen) atoms. The summed E-state index contributed by atoms with van der Waals surface area (Å²) in [5, 5.41) is 9.29. The van der Waals surface area contributed by atoms with E-state index < -0.39 is 23.6 Å². The molecule has 0 aliphatic rings. The average molecular weight is 230 g/mol. The highest BCUT2D eigenvalue weighted by molar-refractivity contribution is 6.00. The summed E-state index contributed by atoms with van der Waals surface area (Å²) in [6, 6.07) is 4.56. The third-order valence-electron chi connectivity index (χ3n) is 2.00. The van der Waals surface area contributed by atoms with Gasteiger partial charge >= 0.3 is 6.18 Å². The van der Waals surface area contributed by atoms with Gasteiger partial charge in [0.05, 0.1) is 6.10 Å². The van der Waals surface area contributed by atoms with Gasteiger partial charge in [0.2, 0.25) is 0 Å². The number of aliphatic hydroxyl groups is 1. The van der Waals surface area contributed by atoms with E-state index in [2.05, 4.69) is 6.58 Å². The Labute approximate surface area is 90.0 Å². The maximum atomic E-state index is 12.0. The largest absolute Gasteiger partial charge is 0.454 e. The van der Waals surface area contributed by atoms with E-state index in [1.165, 1.54) is 18.2 Å². The Morgan fingerprint density at radius 1 is 1.31 bits per heavy atom. The van der Waals surface area contributed by atoms with E-state index in [1.54, 1.807) is 0 Å². The molecule has 2 nitrogen and oxygen atoms in total. The molecule has 0 bridgehead atoms. The molecule has 0 amide bonds. The summed E-state index contributed by atoms with van der Waals surface area (Å²) < 4.78 is 36.1. The zero-order valence-electron chi connectivity index (χ0n) is 8.16. The first-order valence-electron chi connectivity index (χ1n) is 4.38. The number of benzene rings is 1. The van der Waals surface area contributed by atoms with E-state index in [4.69, 9.17) is 0 Å². The molecule has 1 rings (SSSR count). The lowest BCUT2D eigenvalue weighted by Gasteiger charge is -2.08. The minimum absolute atomic E-state index is 0.383. The Morgan fingerprint density at radius 3 is 2.19 bits per heavy atom. The summed E-state index contributed by atoms with van der Waals surface area (Å²) >= 11 is 0. The second-order valence-electron chi connectivity index (χ2n) is 3.13. The van der Waals surface area contributed by atoms with Crippen LogP contribution in [-0.2, 0) is 0 Å². The number of carbonyl (C=O) groups excluding carboxylic acids is 1. The highest BCUT2D eigenvalue weighted by atomic mass is 19.4. The van der Waals surface area contributed by atoms with Crippen molar-refractivity contribution in [2.45, 2.75) is 12.3 Å². The van der Waals surface area contributed by atoms with Gasteiger partial charge in [-0.15, -0.1) is 6.58 Å². The van der Waals surface area contributed by atoms with Crippen molar-refractivity contribution in [1.82, 2.24) is 0 Å². The second kappa shape index (κ2) is 4.49. The van der Waals surface area contributed by atoms with Gasteiger partial charge in [-0.2, -0.15) is 13.2 Å². The number of carbonyl (C=O) groups is 1. The molecule has 1 atom stereocenters. The molecular formula is C11H9F3O2. The molecular weight excluding hydrogens is 221 g/mol. The van der Waals surface area contributed by atoms with Crippen LogP contribution in [0.1, 0.15) is 22.0 Å². The van der Waals surface area contributed by atoms with Gasteiger partial charge in [-0.1, -0.05) is 30.3 Å². The Morgan fingerprint density at radius 2 is 1.81 bits per heavy atom. The Hall–Kier alpha value is -1.62. The van der Waals surface area contributed by atoms with E-state index in [-0.39, 0.29) is 0 Å². The molecule has 86 valence electrons. The number of hydrogen-bond donors (Lipinski definition) is 1. The number of Topliss-reactive ketones (excluding diaryl/α,β-unsaturated/α-hetero) is 1. The lowest BCUT2D eigenvalue weighted by molar-refractivity contribution is -0.0885. The number of rotatable bonds is 3. The molecule has 0 aliphatic carbocycles. The molecule has 1 aromatic rings. The number of ketones is 1. The SMILES string of the molecule is C=CC(O)c1ccc(C(=O)C(F)(F)F)cc1. The summed E-state index contributed by atoms with van der Waals surface area (Å²) in [6.07, 6.45) is -4.59. The van der Waals surface area contributed by atoms with Gasteiger partial charge in [-0.25, -0.2) is 0 Å². The fourth-order valence-electron chi connectivity index (χ4n) is 1.13. The molecule has 0 aromatic heterocycles. The van der Waals surface area contributed by atoms with Crippen molar-refractivity contribution >= 4 is 5.78 Å². The van der Waals surface area contributed by atoms with E-state index in [1.807, 2.05) is 0 Å². The molecule has 0 saturated heterocycles. The van der Waals surface area contributed by atoms with Crippen LogP contribution in [0.25, 0.3) is 0 Å². The van der Waals surface area contributed by atoms with Gasteiger partial charge in [0, 0.05) is 5.56 Å². The molecule has 0 heterocycles. The normalized spacial score (nSPS) is 13.2. The lowest BCUT2D eigenvalue weighted by atomic mass is 10.0. The highest BCUT2D eigenvalue weighted by Gasteiger charge is 2.39. The van der Waals surface area contributed by atoms with Gasteiger partial charge in [-0.3, -0.25) is 4.79 Å². The Balaban J connectivity index is 2.96. The minimum atomic E-state index is -4.88. The molecule has 0 saturated carbocycles. The topological polar surface area (TPSA) is 37.3 Å². The van der Waals surface area contributed by atoms with Gasteiger partial charge < -0.3 is 5.11 Å². The molecule has 0 fully saturated rings. The fraction of sp³-hybridized carbons (Fsp3) is 0.182. The van der Waals surface area contributed by atoms with Gasteiger partial charge in [-0.05, 0) is 5.56 Å². The van der Waals surface area contributed by atoms with Gasteiger partial charge in [0.15, 0.2) is 0 Å². The van der Waals surface area contributed by atoms with Gasteiger partial charge in [0.25, 0.3) is 5.78 Å². The number of halogens is 3. The van der Waals surface area contributed by atoms with Crippen molar-refractivity contribution in [1.29, 1.82) is 0 Å². The number of aliphatic hydroxyl groups excluding tert-OH is 1. The van der Waals surface area contributed by atoms with Gasteiger partial charge in [0.1, 0.15) is 0 Å². The van der Waals surface area contributed by atoms with Crippen molar-refractivity contribution in [2.75, 3.05) is 0 Å². The van der Waals surface area contributed by atoms with Crippen molar-refractivity contribution < 1.29 is 23.1 Å². The maximum absolute atomic E-state index is 12.0. The minimum Gasteiger partial charge on any atom is -0.384 e. The monoisotopic (exact) mass is 230 g/mol. The zero-order valence-corrected chi connectivity index (χ0v) is 8.16. The summed E-state index contributed by atoms with van der Waals surface area (Å²) in [6.45, 7) is 3.34. The zero-order chi connectivity index (χ0) is 12.3. The maximum Gasteiger partial charge on any atom is 0.454 e. The molecule has 0 spiro atoms. The third-order valence-corrected chi connectivity index (χ3v) is 2.00. The molecule has 5 heteroatoms. The first kappa shape index (κ1) is 12.4. The summed E-state index contributed by atoms with van der Waals surface area (Å²) in [5.41, 5.74) is -0.0683. The van der Waals surface area contributed by atoms with Crippen LogP contribution in [0, 0.1) is 0 Å². The van der Waals surface area contributed by atoms with E-state index >= 15 is 0 Å². The molecule has 1 aromatic carbocycles. The predicted molar refractivity (Wildman–Crippen MR) is 52.0 cm³/mol. The molecule has 0 aliphatic heterocycles. The molecule has 0 radical (unpaired) electrons. The first-order chi connectivity index (χ1) is 7.36. The van der Waals surface area contributed by atoms with Crippen molar-refractivity contribution in [3.8, 4) is 0 Å². The van der Waals surface area contributed by atoms with Crippen LogP contribution in [0.3, 0.4) is 0 Å². The molecule has 1 N–H and O–H groups in total. The molecule has 1 unspecified atom stereocenters. The highest BCUT2D eigenvalue weighted by Crippen LogP contribution is 2.22. The van der Waals surface area contributed by atoms with Crippen LogP contribution in [0.2, 0.25) is 0 Å². The second-order valence-corrected chi connectivity index (χ2v) is 3.13. The number of hydrogen-bond acceptors (Lipinski definition) is 2. The van der Waals surface area contributed by atoms with Crippen LogP contribution in [0.5, 0.6) is 0 Å². The van der Waals surface area contributed by atoms with Crippen LogP contribution < -0.4 is 0 Å². The standard InChI is InChI=1S/C11H9F3O2/c1-2-9(15)7-3-5-8(6-4-7)10(16)11(12,13)14/h2-6,9,15H,1H2. The first-order valence-corrected chi connectivity index (χ1v) is 4.38. The quantitative estimate of drug-likeness (QED) is 0.640. The van der Waals surface area contributed by atoms with Crippen molar-refractivity contribution in [3.05, 3.63) is 48.0 Å². The van der Waals surface area contributed by atoms with Crippen molar-refractivity contribution in [3.63, 3.8) is 0 Å². The predicted octanol–water partition coefficient (Wildman–Crippen LogP) is 2.65.